The Hall–Kier alpha value is -12.2. The van der Waals surface area contributed by atoms with E-state index in [0.717, 1.165) is 128 Å². The van der Waals surface area contributed by atoms with Crippen LogP contribution < -0.4 is 0 Å². The van der Waals surface area contributed by atoms with Crippen molar-refractivity contribution in [3.8, 4) is 101 Å². The summed E-state index contributed by atoms with van der Waals surface area (Å²) in [5.41, 5.74) is 23.0. The van der Waals surface area contributed by atoms with Gasteiger partial charge in [-0.25, -0.2) is 4.98 Å². The molecular formula is C83H52N6. The quantitative estimate of drug-likeness (QED) is 0.137. The van der Waals surface area contributed by atoms with Gasteiger partial charge in [0.2, 0.25) is 0 Å². The first-order valence-electron chi connectivity index (χ1n) is 30.1. The smallest absolute Gasteiger partial charge is 0.100 e. The minimum absolute atomic E-state index is 0.540. The monoisotopic (exact) mass is 1130 g/mol. The van der Waals surface area contributed by atoms with Crippen molar-refractivity contribution in [2.45, 2.75) is 0 Å². The molecule has 0 aliphatic heterocycles. The number of fused-ring (bicyclic) bond motifs is 9. The molecule has 6 nitrogen and oxygen atoms in total. The highest BCUT2D eigenvalue weighted by atomic mass is 15.0. The number of rotatable bonds is 10. The van der Waals surface area contributed by atoms with E-state index in [2.05, 4.69) is 316 Å². The predicted molar refractivity (Wildman–Crippen MR) is 368 cm³/mol. The van der Waals surface area contributed by atoms with Crippen molar-refractivity contribution in [3.63, 3.8) is 0 Å². The zero-order valence-electron chi connectivity index (χ0n) is 48.2. The first-order valence-corrected chi connectivity index (χ1v) is 30.1. The Morgan fingerprint density at radius 3 is 0.843 bits per heavy atom. The molecule has 0 fully saturated rings. The second-order valence-corrected chi connectivity index (χ2v) is 22.7. The number of nitrogens with zero attached hydrogens (tertiary/aromatic N) is 6. The summed E-state index contributed by atoms with van der Waals surface area (Å²) in [4.78, 5) is 10.0. The molecule has 17 aromatic rings. The summed E-state index contributed by atoms with van der Waals surface area (Å²) in [7, 11) is 0. The molecule has 17 rings (SSSR count). The van der Waals surface area contributed by atoms with Crippen LogP contribution in [0, 0.1) is 11.3 Å². The third-order valence-corrected chi connectivity index (χ3v) is 17.8. The van der Waals surface area contributed by atoms with Crippen molar-refractivity contribution < 1.29 is 0 Å². The number of benzene rings is 12. The summed E-state index contributed by atoms with van der Waals surface area (Å²) in [5.74, 6) is 0. The molecule has 12 aromatic carbocycles. The van der Waals surface area contributed by atoms with Crippen molar-refractivity contribution in [2.75, 3.05) is 0 Å². The first-order chi connectivity index (χ1) is 44.1. The van der Waals surface area contributed by atoms with Gasteiger partial charge in [-0.05, 0) is 142 Å². The first kappa shape index (κ1) is 51.3. The molecule has 0 bridgehead atoms. The van der Waals surface area contributed by atoms with Gasteiger partial charge >= 0.3 is 0 Å². The minimum atomic E-state index is 0.540. The number of para-hydroxylation sites is 6. The summed E-state index contributed by atoms with van der Waals surface area (Å²) in [6, 6.07) is 111. The van der Waals surface area contributed by atoms with Crippen LogP contribution in [0.5, 0.6) is 0 Å². The van der Waals surface area contributed by atoms with Crippen LogP contribution in [-0.4, -0.2) is 23.7 Å². The number of pyridine rings is 2. The average molecular weight is 1130 g/mol. The Bertz CT molecular complexity index is 5420. The van der Waals surface area contributed by atoms with Crippen molar-refractivity contribution in [3.05, 3.63) is 321 Å². The Labute approximate surface area is 514 Å². The third-order valence-electron chi connectivity index (χ3n) is 17.8. The van der Waals surface area contributed by atoms with Gasteiger partial charge in [-0.2, -0.15) is 5.26 Å². The summed E-state index contributed by atoms with van der Waals surface area (Å²) in [6.07, 6.45) is 3.72. The van der Waals surface area contributed by atoms with Gasteiger partial charge in [0, 0.05) is 84.0 Å². The zero-order chi connectivity index (χ0) is 58.9. The van der Waals surface area contributed by atoms with Crippen molar-refractivity contribution >= 4 is 65.4 Å². The second-order valence-electron chi connectivity index (χ2n) is 22.7. The molecule has 0 aliphatic carbocycles. The maximum atomic E-state index is 12.5. The van der Waals surface area contributed by atoms with E-state index < -0.39 is 0 Å². The maximum absolute atomic E-state index is 12.5. The van der Waals surface area contributed by atoms with Gasteiger partial charge in [0.1, 0.15) is 6.07 Å². The Balaban J connectivity index is 0.997. The lowest BCUT2D eigenvalue weighted by atomic mass is 9.75. The highest BCUT2D eigenvalue weighted by Gasteiger charge is 2.30. The number of aromatic nitrogens is 5. The van der Waals surface area contributed by atoms with E-state index in [9.17, 15) is 5.26 Å². The van der Waals surface area contributed by atoms with Crippen LogP contribution in [0.15, 0.2) is 316 Å². The van der Waals surface area contributed by atoms with Crippen LogP contribution in [0.1, 0.15) is 5.56 Å². The van der Waals surface area contributed by atoms with Gasteiger partial charge in [-0.3, -0.25) is 4.98 Å². The van der Waals surface area contributed by atoms with Crippen LogP contribution >= 0.6 is 0 Å². The summed E-state index contributed by atoms with van der Waals surface area (Å²) < 4.78 is 7.08. The second kappa shape index (κ2) is 21.1. The van der Waals surface area contributed by atoms with E-state index in [1.165, 1.54) is 32.3 Å². The fourth-order valence-corrected chi connectivity index (χ4v) is 13.9. The number of nitriles is 1. The summed E-state index contributed by atoms with van der Waals surface area (Å²) in [6.45, 7) is 0. The van der Waals surface area contributed by atoms with Gasteiger partial charge in [0.25, 0.3) is 0 Å². The molecule has 0 spiro atoms. The standard InChI is InChI=1S/C83H52N6/c84-53-70-79(56-35-41-61(42-36-56)87-73-29-13-7-23-64(73)65-24-8-14-30-74(65)87)81(57-37-43-62(44-38-57)88-75-31-15-9-25-66(75)67-26-10-16-32-76(67)88)83(58-39-45-63(46-40-58)89-77-33-17-11-27-68(77)69-28-12-18-34-78(69)89)82(59-47-49-85-50-48-59)80(70)60-51-71(54-19-3-1-4-20-54)86-72(52-60)55-21-5-2-6-22-55/h1-52H. The van der Waals surface area contributed by atoms with Crippen LogP contribution in [0.4, 0.5) is 0 Å². The molecule has 89 heavy (non-hydrogen) atoms. The van der Waals surface area contributed by atoms with Gasteiger partial charge in [-0.15, -0.1) is 0 Å². The molecule has 5 heterocycles. The highest BCUT2D eigenvalue weighted by molar-refractivity contribution is 6.14. The Kier molecular flexibility index (Phi) is 12.2. The molecular weight excluding hydrogens is 1080 g/mol. The van der Waals surface area contributed by atoms with Crippen molar-refractivity contribution in [1.29, 1.82) is 5.26 Å². The molecule has 0 radical (unpaired) electrons. The van der Waals surface area contributed by atoms with Crippen LogP contribution in [0.25, 0.3) is 161 Å². The fourth-order valence-electron chi connectivity index (χ4n) is 13.9. The van der Waals surface area contributed by atoms with Gasteiger partial charge < -0.3 is 13.7 Å². The van der Waals surface area contributed by atoms with E-state index in [-0.39, 0.29) is 0 Å². The van der Waals surface area contributed by atoms with Gasteiger partial charge in [-0.1, -0.05) is 206 Å². The van der Waals surface area contributed by atoms with E-state index in [1.807, 2.05) is 24.5 Å². The largest absolute Gasteiger partial charge is 0.309 e. The van der Waals surface area contributed by atoms with Gasteiger partial charge in [0.15, 0.2) is 0 Å². The minimum Gasteiger partial charge on any atom is -0.309 e. The lowest BCUT2D eigenvalue weighted by Crippen LogP contribution is -2.04. The molecule has 0 atom stereocenters. The maximum Gasteiger partial charge on any atom is 0.100 e. The SMILES string of the molecule is N#Cc1c(-c2ccc(-n3c4ccccc4c4ccccc43)cc2)c(-c2ccc(-n3c4ccccc4c4ccccc43)cc2)c(-c2ccc(-n3c4ccccc4c4ccccc43)cc2)c(-c2ccncc2)c1-c1cc(-c2ccccc2)nc(-c2ccccc2)c1. The Morgan fingerprint density at radius 2 is 0.517 bits per heavy atom. The van der Waals surface area contributed by atoms with E-state index in [1.54, 1.807) is 0 Å². The summed E-state index contributed by atoms with van der Waals surface area (Å²) >= 11 is 0. The molecule has 0 saturated carbocycles. The molecule has 414 valence electrons. The fraction of sp³-hybridized carbons (Fsp3) is 0. The van der Waals surface area contributed by atoms with Crippen LogP contribution in [0.2, 0.25) is 0 Å². The average Bonchev–Trinajstić information content (AvgIpc) is 1.56. The third kappa shape index (κ3) is 8.40. The van der Waals surface area contributed by atoms with Gasteiger partial charge in [0.05, 0.1) is 50.1 Å². The molecule has 0 N–H and O–H groups in total. The number of hydrogen-bond acceptors (Lipinski definition) is 3. The van der Waals surface area contributed by atoms with E-state index in [0.29, 0.717) is 5.56 Å². The molecule has 0 saturated heterocycles. The zero-order valence-corrected chi connectivity index (χ0v) is 48.2. The van der Waals surface area contributed by atoms with Crippen molar-refractivity contribution in [2.24, 2.45) is 0 Å². The normalized spacial score (nSPS) is 11.6. The van der Waals surface area contributed by atoms with E-state index in [4.69, 9.17) is 4.98 Å². The molecule has 0 unspecified atom stereocenters. The lowest BCUT2D eigenvalue weighted by Gasteiger charge is -2.27. The predicted octanol–water partition coefficient (Wildman–Crippen LogP) is 21.3. The highest BCUT2D eigenvalue weighted by Crippen LogP contribution is 2.54. The molecule has 6 heteroatoms. The summed E-state index contributed by atoms with van der Waals surface area (Å²) in [5, 5.41) is 19.7. The molecule has 0 aliphatic rings. The van der Waals surface area contributed by atoms with Crippen LogP contribution in [-0.2, 0) is 0 Å². The lowest BCUT2D eigenvalue weighted by molar-refractivity contribution is 1.18. The Morgan fingerprint density at radius 1 is 0.247 bits per heavy atom. The molecule has 5 aromatic heterocycles. The molecule has 0 amide bonds. The number of hydrogen-bond donors (Lipinski definition) is 0. The van der Waals surface area contributed by atoms with E-state index >= 15 is 0 Å². The van der Waals surface area contributed by atoms with Crippen LogP contribution in [0.3, 0.4) is 0 Å². The van der Waals surface area contributed by atoms with Crippen molar-refractivity contribution in [1.82, 2.24) is 23.7 Å². The topological polar surface area (TPSA) is 64.4 Å².